The zero-order valence-corrected chi connectivity index (χ0v) is 17.2. The van der Waals surface area contributed by atoms with E-state index < -0.39 is 0 Å². The van der Waals surface area contributed by atoms with Crippen molar-refractivity contribution < 1.29 is 9.57 Å². The van der Waals surface area contributed by atoms with Gasteiger partial charge in [0.1, 0.15) is 12.4 Å². The van der Waals surface area contributed by atoms with Crippen LogP contribution in [0.2, 0.25) is 0 Å². The second kappa shape index (κ2) is 11.2. The molecule has 1 aromatic heterocycles. The lowest BCUT2D eigenvalue weighted by molar-refractivity contribution is 0.176. The van der Waals surface area contributed by atoms with Crippen LogP contribution in [0.1, 0.15) is 36.9 Å². The molecule has 1 unspecified atom stereocenters. The van der Waals surface area contributed by atoms with Crippen molar-refractivity contribution >= 4 is 12.0 Å². The van der Waals surface area contributed by atoms with Crippen LogP contribution in [0.5, 0.6) is 5.75 Å². The summed E-state index contributed by atoms with van der Waals surface area (Å²) in [4.78, 5) is 7.40. The minimum Gasteiger partial charge on any atom is -0.494 e. The van der Waals surface area contributed by atoms with Crippen LogP contribution in [-0.4, -0.2) is 42.7 Å². The van der Waals surface area contributed by atoms with Gasteiger partial charge < -0.3 is 14.5 Å². The third kappa shape index (κ3) is 6.89. The van der Waals surface area contributed by atoms with Crippen molar-refractivity contribution in [2.45, 2.75) is 32.6 Å². The minimum atomic E-state index is 0.405. The molecular weight excluding hydrogens is 364 g/mol. The minimum absolute atomic E-state index is 0.405. The highest BCUT2D eigenvalue weighted by molar-refractivity contribution is 5.79. The lowest BCUT2D eigenvalue weighted by Crippen LogP contribution is -2.36. The molecule has 0 saturated carbocycles. The van der Waals surface area contributed by atoms with E-state index in [-0.39, 0.29) is 0 Å². The molecule has 154 valence electrons. The smallest absolute Gasteiger partial charge is 0.151 e. The summed E-state index contributed by atoms with van der Waals surface area (Å²) in [5.41, 5.74) is 1.91. The SMILES string of the molecule is C=CCON=Cc1cccc(OCCCC2CCCN(c3ccc(C)nn3)C2)c1. The van der Waals surface area contributed by atoms with E-state index in [0.717, 1.165) is 48.8 Å². The summed E-state index contributed by atoms with van der Waals surface area (Å²) in [6.45, 7) is 8.79. The summed E-state index contributed by atoms with van der Waals surface area (Å²) >= 11 is 0. The summed E-state index contributed by atoms with van der Waals surface area (Å²) in [6.07, 6.45) is 8.02. The van der Waals surface area contributed by atoms with Gasteiger partial charge in [0.05, 0.1) is 18.5 Å². The van der Waals surface area contributed by atoms with E-state index in [1.54, 1.807) is 12.3 Å². The Hall–Kier alpha value is -2.89. The molecule has 6 nitrogen and oxygen atoms in total. The average Bonchev–Trinajstić information content (AvgIpc) is 2.75. The van der Waals surface area contributed by atoms with Crippen LogP contribution in [-0.2, 0) is 4.84 Å². The molecule has 29 heavy (non-hydrogen) atoms. The molecule has 0 aliphatic carbocycles. The van der Waals surface area contributed by atoms with Crippen molar-refractivity contribution in [3.05, 3.63) is 60.3 Å². The van der Waals surface area contributed by atoms with Crippen LogP contribution in [0.15, 0.2) is 54.2 Å². The maximum atomic E-state index is 5.94. The van der Waals surface area contributed by atoms with Crippen LogP contribution in [0, 0.1) is 12.8 Å². The maximum Gasteiger partial charge on any atom is 0.151 e. The lowest BCUT2D eigenvalue weighted by atomic mass is 9.93. The molecule has 2 heterocycles. The zero-order valence-electron chi connectivity index (χ0n) is 17.2. The molecule has 0 spiro atoms. The molecule has 1 fully saturated rings. The number of piperidine rings is 1. The van der Waals surface area contributed by atoms with Crippen LogP contribution >= 0.6 is 0 Å². The van der Waals surface area contributed by atoms with E-state index in [1.807, 2.05) is 37.3 Å². The summed E-state index contributed by atoms with van der Waals surface area (Å²) in [6, 6.07) is 12.0. The van der Waals surface area contributed by atoms with E-state index in [2.05, 4.69) is 32.9 Å². The summed E-state index contributed by atoms with van der Waals surface area (Å²) in [7, 11) is 0. The molecule has 6 heteroatoms. The first-order valence-corrected chi connectivity index (χ1v) is 10.3. The zero-order chi connectivity index (χ0) is 20.3. The van der Waals surface area contributed by atoms with Crippen molar-refractivity contribution in [1.82, 2.24) is 10.2 Å². The summed E-state index contributed by atoms with van der Waals surface area (Å²) in [5.74, 6) is 2.53. The van der Waals surface area contributed by atoms with Crippen LogP contribution < -0.4 is 9.64 Å². The number of rotatable bonds is 10. The largest absolute Gasteiger partial charge is 0.494 e. The first-order chi connectivity index (χ1) is 14.2. The molecule has 1 aromatic carbocycles. The van der Waals surface area contributed by atoms with Crippen LogP contribution in [0.3, 0.4) is 0 Å². The number of hydrogen-bond acceptors (Lipinski definition) is 6. The van der Waals surface area contributed by atoms with Gasteiger partial charge in [-0.15, -0.1) is 5.10 Å². The Balaban J connectivity index is 1.40. The molecule has 2 aromatic rings. The second-order valence-electron chi connectivity index (χ2n) is 7.37. The van der Waals surface area contributed by atoms with Gasteiger partial charge in [-0.1, -0.05) is 29.9 Å². The molecule has 1 aliphatic heterocycles. The van der Waals surface area contributed by atoms with Gasteiger partial charge in [-0.2, -0.15) is 5.10 Å². The van der Waals surface area contributed by atoms with Crippen molar-refractivity contribution in [3.63, 3.8) is 0 Å². The number of oxime groups is 1. The topological polar surface area (TPSA) is 59.8 Å². The Morgan fingerprint density at radius 1 is 1.28 bits per heavy atom. The Kier molecular flexibility index (Phi) is 8.04. The number of nitrogens with zero attached hydrogens (tertiary/aromatic N) is 4. The molecule has 0 amide bonds. The van der Waals surface area contributed by atoms with Crippen molar-refractivity contribution in [3.8, 4) is 5.75 Å². The highest BCUT2D eigenvalue weighted by Gasteiger charge is 2.20. The molecule has 0 bridgehead atoms. The fourth-order valence-corrected chi connectivity index (χ4v) is 3.51. The fraction of sp³-hybridized carbons (Fsp3) is 0.435. The van der Waals surface area contributed by atoms with E-state index in [4.69, 9.17) is 9.57 Å². The standard InChI is InChI=1S/C23H30N4O2/c1-3-14-29-24-17-21-7-4-10-22(16-21)28-15-6-9-20-8-5-13-27(18-20)23-12-11-19(2)25-26-23/h3-4,7,10-12,16-17,20H,1,5-6,8-9,13-15,18H2,2H3. The van der Waals surface area contributed by atoms with Gasteiger partial charge in [-0.05, 0) is 68.4 Å². The molecule has 1 saturated heterocycles. The molecule has 3 rings (SSSR count). The average molecular weight is 395 g/mol. The third-order valence-electron chi connectivity index (χ3n) is 4.98. The Bertz CT molecular complexity index is 792. The number of ether oxygens (including phenoxy) is 1. The molecular formula is C23H30N4O2. The van der Waals surface area contributed by atoms with Crippen molar-refractivity contribution in [2.75, 3.05) is 31.2 Å². The van der Waals surface area contributed by atoms with Gasteiger partial charge in [0.2, 0.25) is 0 Å². The summed E-state index contributed by atoms with van der Waals surface area (Å²) < 4.78 is 5.94. The van der Waals surface area contributed by atoms with Crippen LogP contribution in [0.25, 0.3) is 0 Å². The highest BCUT2D eigenvalue weighted by atomic mass is 16.6. The van der Waals surface area contributed by atoms with Gasteiger partial charge >= 0.3 is 0 Å². The van der Waals surface area contributed by atoms with E-state index >= 15 is 0 Å². The van der Waals surface area contributed by atoms with E-state index in [1.165, 1.54) is 12.8 Å². The van der Waals surface area contributed by atoms with Crippen molar-refractivity contribution in [1.29, 1.82) is 0 Å². The van der Waals surface area contributed by atoms with E-state index in [9.17, 15) is 0 Å². The summed E-state index contributed by atoms with van der Waals surface area (Å²) in [5, 5.41) is 12.4. The Morgan fingerprint density at radius 3 is 3.03 bits per heavy atom. The number of anilines is 1. The van der Waals surface area contributed by atoms with Gasteiger partial charge in [0.15, 0.2) is 5.82 Å². The molecule has 0 radical (unpaired) electrons. The monoisotopic (exact) mass is 394 g/mol. The highest BCUT2D eigenvalue weighted by Crippen LogP contribution is 2.24. The molecule has 1 atom stereocenters. The third-order valence-corrected chi connectivity index (χ3v) is 4.98. The normalized spacial score (nSPS) is 16.7. The van der Waals surface area contributed by atoms with Gasteiger partial charge in [-0.25, -0.2) is 0 Å². The second-order valence-corrected chi connectivity index (χ2v) is 7.37. The first-order valence-electron chi connectivity index (χ1n) is 10.3. The lowest BCUT2D eigenvalue weighted by Gasteiger charge is -2.33. The van der Waals surface area contributed by atoms with E-state index in [0.29, 0.717) is 19.1 Å². The number of benzene rings is 1. The van der Waals surface area contributed by atoms with Crippen LogP contribution in [0.4, 0.5) is 5.82 Å². The van der Waals surface area contributed by atoms with Gasteiger partial charge in [0, 0.05) is 13.1 Å². The predicted octanol–water partition coefficient (Wildman–Crippen LogP) is 4.40. The number of aromatic nitrogens is 2. The fourth-order valence-electron chi connectivity index (χ4n) is 3.51. The maximum absolute atomic E-state index is 5.94. The number of aryl methyl sites for hydroxylation is 1. The van der Waals surface area contributed by atoms with Gasteiger partial charge in [-0.3, -0.25) is 0 Å². The molecule has 1 aliphatic rings. The Morgan fingerprint density at radius 2 is 2.21 bits per heavy atom. The number of hydrogen-bond donors (Lipinski definition) is 0. The Labute approximate surface area is 173 Å². The quantitative estimate of drug-likeness (QED) is 0.259. The van der Waals surface area contributed by atoms with Gasteiger partial charge in [0.25, 0.3) is 0 Å². The van der Waals surface area contributed by atoms with Crippen molar-refractivity contribution in [2.24, 2.45) is 11.1 Å². The first kappa shape index (κ1) is 20.8. The molecule has 0 N–H and O–H groups in total. The predicted molar refractivity (Wildman–Crippen MR) is 117 cm³/mol.